The second-order valence-corrected chi connectivity index (χ2v) is 7.92. The van der Waals surface area contributed by atoms with Crippen LogP contribution in [0.25, 0.3) is 0 Å². The minimum Gasteiger partial charge on any atom is -0.485 e. The Bertz CT molecular complexity index is 641. The van der Waals surface area contributed by atoms with Crippen LogP contribution >= 0.6 is 0 Å². The number of rotatable bonds is 2. The molecule has 4 rings (SSSR count). The molecule has 3 aliphatic rings. The fourth-order valence-corrected chi connectivity index (χ4v) is 4.61. The van der Waals surface area contributed by atoms with E-state index in [9.17, 15) is 4.79 Å². The molecule has 0 aromatic heterocycles. The molecule has 0 N–H and O–H groups in total. The van der Waals surface area contributed by atoms with Gasteiger partial charge in [0.05, 0.1) is 25.9 Å². The van der Waals surface area contributed by atoms with Crippen LogP contribution in [0.4, 0.5) is 0 Å². The molecule has 142 valence electrons. The van der Waals surface area contributed by atoms with Gasteiger partial charge in [0, 0.05) is 38.0 Å². The summed E-state index contributed by atoms with van der Waals surface area (Å²) < 4.78 is 17.6. The summed E-state index contributed by atoms with van der Waals surface area (Å²) in [5, 5.41) is 0. The van der Waals surface area contributed by atoms with Gasteiger partial charge in [-0.25, -0.2) is 0 Å². The average Bonchev–Trinajstić information content (AvgIpc) is 2.84. The number of ether oxygens (including phenoxy) is 3. The maximum absolute atomic E-state index is 13.4. The van der Waals surface area contributed by atoms with Gasteiger partial charge in [0.1, 0.15) is 11.4 Å². The summed E-state index contributed by atoms with van der Waals surface area (Å²) in [4.78, 5) is 15.4. The summed E-state index contributed by atoms with van der Waals surface area (Å²) in [5.74, 6) is 1.25. The highest BCUT2D eigenvalue weighted by Crippen LogP contribution is 2.36. The van der Waals surface area contributed by atoms with Crippen molar-refractivity contribution in [3.05, 3.63) is 29.8 Å². The van der Waals surface area contributed by atoms with Gasteiger partial charge in [-0.15, -0.1) is 0 Å². The minimum absolute atomic E-state index is 0.0656. The van der Waals surface area contributed by atoms with Gasteiger partial charge in [-0.3, -0.25) is 4.79 Å². The van der Waals surface area contributed by atoms with Crippen molar-refractivity contribution in [1.82, 2.24) is 4.90 Å². The molecule has 1 aromatic carbocycles. The van der Waals surface area contributed by atoms with Gasteiger partial charge in [0.25, 0.3) is 0 Å². The zero-order valence-electron chi connectivity index (χ0n) is 15.6. The Kier molecular flexibility index (Phi) is 5.18. The molecule has 26 heavy (non-hydrogen) atoms. The molecule has 5 nitrogen and oxygen atoms in total. The zero-order valence-corrected chi connectivity index (χ0v) is 15.6. The second kappa shape index (κ2) is 7.57. The van der Waals surface area contributed by atoms with Crippen molar-refractivity contribution in [3.8, 4) is 5.75 Å². The molecule has 1 saturated heterocycles. The number of nitrogens with zero attached hydrogens (tertiary/aromatic N) is 1. The van der Waals surface area contributed by atoms with Crippen LogP contribution in [-0.2, 0) is 20.8 Å². The Labute approximate surface area is 155 Å². The molecule has 1 aromatic rings. The zero-order chi connectivity index (χ0) is 18.0. The maximum Gasteiger partial charge on any atom is 0.226 e. The third-order valence-corrected chi connectivity index (χ3v) is 6.16. The van der Waals surface area contributed by atoms with Gasteiger partial charge >= 0.3 is 0 Å². The number of carbonyl (C=O) groups excluding carboxylic acids is 1. The Morgan fingerprint density at radius 2 is 2.04 bits per heavy atom. The van der Waals surface area contributed by atoms with Crippen molar-refractivity contribution in [2.24, 2.45) is 5.92 Å². The monoisotopic (exact) mass is 359 g/mol. The van der Waals surface area contributed by atoms with Crippen molar-refractivity contribution in [1.29, 1.82) is 0 Å². The molecule has 0 radical (unpaired) electrons. The predicted octanol–water partition coefficient (Wildman–Crippen LogP) is 3.16. The summed E-state index contributed by atoms with van der Waals surface area (Å²) in [6.45, 7) is 2.67. The first-order chi connectivity index (χ1) is 12.7. The van der Waals surface area contributed by atoms with Crippen LogP contribution in [0.2, 0.25) is 0 Å². The summed E-state index contributed by atoms with van der Waals surface area (Å²) in [5.41, 5.74) is 0.777. The molecule has 1 amide bonds. The number of carbonyl (C=O) groups is 1. The molecule has 0 bridgehead atoms. The number of hydrogen-bond donors (Lipinski definition) is 0. The normalized spacial score (nSPS) is 28.1. The lowest BCUT2D eigenvalue weighted by Crippen LogP contribution is -2.52. The number of para-hydroxylation sites is 1. The van der Waals surface area contributed by atoms with E-state index in [0.29, 0.717) is 26.3 Å². The topological polar surface area (TPSA) is 48.0 Å². The molecule has 1 spiro atoms. The highest BCUT2D eigenvalue weighted by atomic mass is 16.5. The van der Waals surface area contributed by atoms with Crippen LogP contribution in [0.5, 0.6) is 5.75 Å². The van der Waals surface area contributed by atoms with Crippen LogP contribution in [0.15, 0.2) is 24.3 Å². The highest BCUT2D eigenvalue weighted by Gasteiger charge is 2.42. The molecule has 1 aliphatic carbocycles. The molecule has 2 unspecified atom stereocenters. The largest absolute Gasteiger partial charge is 0.485 e. The molecule has 2 aliphatic heterocycles. The van der Waals surface area contributed by atoms with E-state index in [1.165, 1.54) is 0 Å². The van der Waals surface area contributed by atoms with Gasteiger partial charge < -0.3 is 19.1 Å². The van der Waals surface area contributed by atoms with E-state index in [2.05, 4.69) is 6.07 Å². The van der Waals surface area contributed by atoms with Crippen LogP contribution in [0.3, 0.4) is 0 Å². The van der Waals surface area contributed by atoms with E-state index in [0.717, 1.165) is 49.8 Å². The summed E-state index contributed by atoms with van der Waals surface area (Å²) in [6.07, 6.45) is 5.80. The number of methoxy groups -OCH3 is 1. The SMILES string of the molecule is COC1CCCC(C(=O)N2Cc3ccccc3OC3(CCOCC3)C2)C1. The van der Waals surface area contributed by atoms with Crippen molar-refractivity contribution in [3.63, 3.8) is 0 Å². The molecule has 2 heterocycles. The minimum atomic E-state index is -0.324. The molecule has 5 heteroatoms. The number of hydrogen-bond acceptors (Lipinski definition) is 4. The van der Waals surface area contributed by atoms with Gasteiger partial charge in [-0.1, -0.05) is 24.6 Å². The number of benzene rings is 1. The van der Waals surface area contributed by atoms with E-state index in [4.69, 9.17) is 14.2 Å². The quantitative estimate of drug-likeness (QED) is 0.814. The summed E-state index contributed by atoms with van der Waals surface area (Å²) in [7, 11) is 1.75. The first-order valence-electron chi connectivity index (χ1n) is 9.85. The van der Waals surface area contributed by atoms with Crippen LogP contribution in [0.1, 0.15) is 44.1 Å². The first kappa shape index (κ1) is 17.8. The maximum atomic E-state index is 13.4. The molecular formula is C21H29NO4. The lowest BCUT2D eigenvalue weighted by Gasteiger charge is -2.40. The van der Waals surface area contributed by atoms with E-state index in [1.54, 1.807) is 7.11 Å². The Morgan fingerprint density at radius 3 is 2.85 bits per heavy atom. The third-order valence-electron chi connectivity index (χ3n) is 6.16. The van der Waals surface area contributed by atoms with Gasteiger partial charge in [0.15, 0.2) is 0 Å². The lowest BCUT2D eigenvalue weighted by molar-refractivity contribution is -0.143. The van der Waals surface area contributed by atoms with E-state index < -0.39 is 0 Å². The standard InChI is InChI=1S/C21H29NO4/c1-24-18-7-4-6-16(13-18)20(23)22-14-17-5-2-3-8-19(17)26-21(15-22)9-11-25-12-10-21/h2-3,5,8,16,18H,4,6-7,9-15H2,1H3. The Hall–Kier alpha value is -1.59. The molecule has 1 saturated carbocycles. The predicted molar refractivity (Wildman–Crippen MR) is 98.0 cm³/mol. The average molecular weight is 359 g/mol. The fraction of sp³-hybridized carbons (Fsp3) is 0.667. The molecular weight excluding hydrogens is 330 g/mol. The van der Waals surface area contributed by atoms with Crippen LogP contribution in [-0.4, -0.2) is 49.4 Å². The van der Waals surface area contributed by atoms with E-state index in [1.807, 2.05) is 23.1 Å². The Balaban J connectivity index is 1.59. The summed E-state index contributed by atoms with van der Waals surface area (Å²) >= 11 is 0. The van der Waals surface area contributed by atoms with Crippen LogP contribution < -0.4 is 4.74 Å². The van der Waals surface area contributed by atoms with Gasteiger partial charge in [-0.2, -0.15) is 0 Å². The van der Waals surface area contributed by atoms with Crippen LogP contribution in [0, 0.1) is 5.92 Å². The number of fused-ring (bicyclic) bond motifs is 1. The fourth-order valence-electron chi connectivity index (χ4n) is 4.61. The third kappa shape index (κ3) is 3.60. The van der Waals surface area contributed by atoms with Crippen molar-refractivity contribution >= 4 is 5.91 Å². The Morgan fingerprint density at radius 1 is 1.23 bits per heavy atom. The van der Waals surface area contributed by atoms with Gasteiger partial charge in [-0.05, 0) is 25.3 Å². The molecule has 2 fully saturated rings. The van der Waals surface area contributed by atoms with Gasteiger partial charge in [0.2, 0.25) is 5.91 Å². The van der Waals surface area contributed by atoms with E-state index >= 15 is 0 Å². The number of amides is 1. The van der Waals surface area contributed by atoms with E-state index in [-0.39, 0.29) is 23.5 Å². The highest BCUT2D eigenvalue weighted by molar-refractivity contribution is 5.79. The molecule has 2 atom stereocenters. The second-order valence-electron chi connectivity index (χ2n) is 7.92. The van der Waals surface area contributed by atoms with Crippen molar-refractivity contribution in [2.75, 3.05) is 26.9 Å². The first-order valence-corrected chi connectivity index (χ1v) is 9.85. The summed E-state index contributed by atoms with van der Waals surface area (Å²) in [6, 6.07) is 8.14. The van der Waals surface area contributed by atoms with Crippen molar-refractivity contribution < 1.29 is 19.0 Å². The lowest BCUT2D eigenvalue weighted by atomic mass is 9.85. The van der Waals surface area contributed by atoms with Crippen molar-refractivity contribution in [2.45, 2.75) is 56.8 Å². The smallest absolute Gasteiger partial charge is 0.226 e.